The highest BCUT2D eigenvalue weighted by atomic mass is 35.5. The molecule has 1 aromatic heterocycles. The summed E-state index contributed by atoms with van der Waals surface area (Å²) in [6.45, 7) is 0.375. The smallest absolute Gasteiger partial charge is 0.295 e. The van der Waals surface area contributed by atoms with Crippen LogP contribution in [0.15, 0.2) is 42.1 Å². The zero-order valence-corrected chi connectivity index (χ0v) is 17.2. The number of hydrogen-bond acceptors (Lipinski definition) is 6. The number of benzene rings is 1. The lowest BCUT2D eigenvalue weighted by Gasteiger charge is -2.24. The van der Waals surface area contributed by atoms with E-state index in [2.05, 4.69) is 4.98 Å². The highest BCUT2D eigenvalue weighted by molar-refractivity contribution is 6.46. The monoisotopic (exact) mass is 436 g/mol. The summed E-state index contributed by atoms with van der Waals surface area (Å²) in [5, 5.41) is 11.3. The number of carbonyl (C=O) groups excluding carboxylic acids is 2. The number of likely N-dealkylation sites (tertiary alicyclic amines) is 1. The van der Waals surface area contributed by atoms with Gasteiger partial charge in [-0.2, -0.15) is 0 Å². The van der Waals surface area contributed by atoms with Gasteiger partial charge in [0.25, 0.3) is 11.7 Å². The molecule has 1 aliphatic rings. The Hall–Kier alpha value is -2.61. The van der Waals surface area contributed by atoms with Gasteiger partial charge in [-0.1, -0.05) is 29.3 Å². The fourth-order valence-corrected chi connectivity index (χ4v) is 3.83. The molecule has 9 heteroatoms. The Bertz CT molecular complexity index is 955. The van der Waals surface area contributed by atoms with Gasteiger partial charge in [0, 0.05) is 25.4 Å². The van der Waals surface area contributed by atoms with Gasteiger partial charge in [0.2, 0.25) is 0 Å². The van der Waals surface area contributed by atoms with Gasteiger partial charge in [-0.15, -0.1) is 0 Å². The Morgan fingerprint density at radius 3 is 2.45 bits per heavy atom. The van der Waals surface area contributed by atoms with Crippen molar-refractivity contribution in [2.45, 2.75) is 6.04 Å². The first-order chi connectivity index (χ1) is 13.9. The van der Waals surface area contributed by atoms with Crippen molar-refractivity contribution in [2.75, 3.05) is 27.4 Å². The first-order valence-electron chi connectivity index (χ1n) is 8.62. The summed E-state index contributed by atoms with van der Waals surface area (Å²) >= 11 is 12.3. The molecule has 0 spiro atoms. The number of rotatable bonds is 6. The van der Waals surface area contributed by atoms with Crippen LogP contribution < -0.4 is 4.74 Å². The molecule has 1 atom stereocenters. The Morgan fingerprint density at radius 1 is 1.21 bits per heavy atom. The van der Waals surface area contributed by atoms with Crippen molar-refractivity contribution >= 4 is 40.7 Å². The highest BCUT2D eigenvalue weighted by Crippen LogP contribution is 2.41. The number of amides is 1. The topological polar surface area (TPSA) is 89.0 Å². The maximum Gasteiger partial charge on any atom is 0.295 e. The summed E-state index contributed by atoms with van der Waals surface area (Å²) in [7, 11) is 2.91. The lowest BCUT2D eigenvalue weighted by Crippen LogP contribution is -2.33. The van der Waals surface area contributed by atoms with E-state index in [-0.39, 0.29) is 40.1 Å². The number of Topliss-reactive ketones (excluding diaryl/α,β-unsaturated/α-hetero) is 1. The molecule has 1 N–H and O–H groups in total. The van der Waals surface area contributed by atoms with Gasteiger partial charge in [0.15, 0.2) is 5.75 Å². The number of aromatic nitrogens is 1. The number of aliphatic hydroxyl groups is 1. The van der Waals surface area contributed by atoms with Crippen molar-refractivity contribution in [3.63, 3.8) is 0 Å². The second-order valence-electron chi connectivity index (χ2n) is 6.21. The van der Waals surface area contributed by atoms with Crippen LogP contribution in [-0.4, -0.2) is 54.1 Å². The average Bonchev–Trinajstić information content (AvgIpc) is 2.96. The van der Waals surface area contributed by atoms with Crippen LogP contribution in [0.4, 0.5) is 0 Å². The van der Waals surface area contributed by atoms with Gasteiger partial charge in [0.1, 0.15) is 11.8 Å². The zero-order valence-electron chi connectivity index (χ0n) is 15.7. The molecule has 1 amide bonds. The number of nitrogens with zero attached hydrogens (tertiary/aromatic N) is 2. The van der Waals surface area contributed by atoms with E-state index in [1.165, 1.54) is 31.3 Å². The normalized spacial score (nSPS) is 18.3. The number of ether oxygens (including phenoxy) is 2. The zero-order chi connectivity index (χ0) is 21.1. The van der Waals surface area contributed by atoms with Crippen LogP contribution in [0, 0.1) is 0 Å². The van der Waals surface area contributed by atoms with E-state index in [1.807, 2.05) is 0 Å². The van der Waals surface area contributed by atoms with Crippen LogP contribution in [0.2, 0.25) is 10.0 Å². The second kappa shape index (κ2) is 8.82. The number of halogens is 2. The summed E-state index contributed by atoms with van der Waals surface area (Å²) in [5.74, 6) is -1.72. The predicted octanol–water partition coefficient (Wildman–Crippen LogP) is 3.47. The lowest BCUT2D eigenvalue weighted by molar-refractivity contribution is -0.140. The van der Waals surface area contributed by atoms with Gasteiger partial charge in [-0.25, -0.2) is 0 Å². The summed E-state index contributed by atoms with van der Waals surface area (Å²) in [6, 6.07) is 7.09. The third-order valence-corrected chi connectivity index (χ3v) is 5.08. The quantitative estimate of drug-likeness (QED) is 0.423. The maximum atomic E-state index is 12.8. The van der Waals surface area contributed by atoms with Crippen molar-refractivity contribution < 1.29 is 24.2 Å². The van der Waals surface area contributed by atoms with Gasteiger partial charge < -0.3 is 19.5 Å². The van der Waals surface area contributed by atoms with Gasteiger partial charge in [-0.3, -0.25) is 14.6 Å². The van der Waals surface area contributed by atoms with E-state index in [4.69, 9.17) is 32.7 Å². The third kappa shape index (κ3) is 3.94. The molecule has 7 nitrogen and oxygen atoms in total. The van der Waals surface area contributed by atoms with Crippen LogP contribution in [0.25, 0.3) is 5.76 Å². The second-order valence-corrected chi connectivity index (χ2v) is 7.03. The molecule has 0 radical (unpaired) electrons. The first kappa shape index (κ1) is 21.1. The van der Waals surface area contributed by atoms with E-state index < -0.39 is 23.5 Å². The van der Waals surface area contributed by atoms with Crippen molar-refractivity contribution in [1.29, 1.82) is 0 Å². The molecule has 2 heterocycles. The number of ketones is 1. The highest BCUT2D eigenvalue weighted by Gasteiger charge is 2.46. The van der Waals surface area contributed by atoms with Crippen molar-refractivity contribution in [2.24, 2.45) is 0 Å². The van der Waals surface area contributed by atoms with Crippen molar-refractivity contribution in [3.05, 3.63) is 63.4 Å². The number of hydrogen-bond donors (Lipinski definition) is 1. The minimum atomic E-state index is -0.869. The fraction of sp³-hybridized carbons (Fsp3) is 0.250. The third-order valence-electron chi connectivity index (χ3n) is 4.52. The van der Waals surface area contributed by atoms with Crippen LogP contribution >= 0.6 is 23.2 Å². The molecule has 1 aliphatic heterocycles. The molecular weight excluding hydrogens is 419 g/mol. The standard InChI is InChI=1S/C20H18Cl2N2O5/c1-28-8-7-24-16(14-5-3-4-6-23-14)15(18(26)20(24)27)17(25)11-9-12(21)19(29-2)13(22)10-11/h3-6,9-10,16,25H,7-8H2,1-2H3/b17-15+. The summed E-state index contributed by atoms with van der Waals surface area (Å²) < 4.78 is 10.2. The van der Waals surface area contributed by atoms with E-state index in [1.54, 1.807) is 24.4 Å². The summed E-state index contributed by atoms with van der Waals surface area (Å²) in [5.41, 5.74) is 0.531. The van der Waals surface area contributed by atoms with E-state index in [0.717, 1.165) is 0 Å². The molecule has 1 aromatic carbocycles. The summed E-state index contributed by atoms with van der Waals surface area (Å²) in [6.07, 6.45) is 1.55. The van der Waals surface area contributed by atoms with Gasteiger partial charge in [-0.05, 0) is 24.3 Å². The van der Waals surface area contributed by atoms with E-state index in [9.17, 15) is 14.7 Å². The summed E-state index contributed by atoms with van der Waals surface area (Å²) in [4.78, 5) is 31.1. The molecule has 1 saturated heterocycles. The molecular formula is C20H18Cl2N2O5. The number of aliphatic hydroxyl groups excluding tert-OH is 1. The van der Waals surface area contributed by atoms with Gasteiger partial charge in [0.05, 0.1) is 35.0 Å². The Labute approximate surface area is 177 Å². The molecule has 3 rings (SSSR count). The van der Waals surface area contributed by atoms with Crippen molar-refractivity contribution in [3.8, 4) is 5.75 Å². The first-order valence-corrected chi connectivity index (χ1v) is 9.38. The van der Waals surface area contributed by atoms with Crippen LogP contribution in [0.5, 0.6) is 5.75 Å². The number of pyridine rings is 1. The number of carbonyl (C=O) groups is 2. The molecule has 0 bridgehead atoms. The van der Waals surface area contributed by atoms with E-state index in [0.29, 0.717) is 5.69 Å². The lowest BCUT2D eigenvalue weighted by atomic mass is 9.98. The molecule has 2 aromatic rings. The Kier molecular flexibility index (Phi) is 6.42. The Balaban J connectivity index is 2.18. The average molecular weight is 437 g/mol. The van der Waals surface area contributed by atoms with Crippen LogP contribution in [0.3, 0.4) is 0 Å². The largest absolute Gasteiger partial charge is 0.507 e. The minimum Gasteiger partial charge on any atom is -0.507 e. The SMILES string of the molecule is COCCN1C(=O)C(=O)/C(=C(/O)c2cc(Cl)c(OC)c(Cl)c2)C1c1ccccn1. The molecule has 0 saturated carbocycles. The fourth-order valence-electron chi connectivity index (χ4n) is 3.19. The van der Waals surface area contributed by atoms with Crippen LogP contribution in [-0.2, 0) is 14.3 Å². The molecule has 1 unspecified atom stereocenters. The molecule has 0 aliphatic carbocycles. The number of methoxy groups -OCH3 is 2. The minimum absolute atomic E-state index is 0.0953. The Morgan fingerprint density at radius 2 is 1.90 bits per heavy atom. The van der Waals surface area contributed by atoms with Crippen molar-refractivity contribution in [1.82, 2.24) is 9.88 Å². The van der Waals surface area contributed by atoms with E-state index >= 15 is 0 Å². The molecule has 29 heavy (non-hydrogen) atoms. The maximum absolute atomic E-state index is 12.8. The van der Waals surface area contributed by atoms with Crippen LogP contribution in [0.1, 0.15) is 17.3 Å². The molecule has 152 valence electrons. The molecule has 1 fully saturated rings. The van der Waals surface area contributed by atoms with Gasteiger partial charge >= 0.3 is 0 Å². The predicted molar refractivity (Wildman–Crippen MR) is 108 cm³/mol.